The number of hydrogen-bond donors (Lipinski definition) is 1. The molecule has 0 aliphatic rings. The van der Waals surface area contributed by atoms with E-state index in [1.165, 1.54) is 0 Å². The molecule has 0 spiro atoms. The standard InChI is InChI=1S/C28H21N3/c1-3-9-21(10-4-1)15-17-23-19-29-27(18-16-22-11-5-2-6-12-22)28(31-23)25-20-30-26-14-8-7-13-24(25)26/h1-20,30H/b17-15+,18-16+. The van der Waals surface area contributed by atoms with Gasteiger partial charge in [-0.2, -0.15) is 0 Å². The van der Waals surface area contributed by atoms with Crippen LogP contribution in [0.4, 0.5) is 0 Å². The summed E-state index contributed by atoms with van der Waals surface area (Å²) in [6, 6.07) is 28.7. The number of benzene rings is 3. The zero-order valence-electron chi connectivity index (χ0n) is 16.9. The third-order valence-corrected chi connectivity index (χ3v) is 5.14. The molecule has 5 rings (SSSR count). The third kappa shape index (κ3) is 4.21. The Kier molecular flexibility index (Phi) is 5.23. The number of rotatable bonds is 5. The van der Waals surface area contributed by atoms with E-state index in [0.29, 0.717) is 0 Å². The lowest BCUT2D eigenvalue weighted by atomic mass is 10.1. The summed E-state index contributed by atoms with van der Waals surface area (Å²) >= 11 is 0. The van der Waals surface area contributed by atoms with Gasteiger partial charge in [-0.25, -0.2) is 4.98 Å². The van der Waals surface area contributed by atoms with Crippen LogP contribution in [0.5, 0.6) is 0 Å². The van der Waals surface area contributed by atoms with Gasteiger partial charge in [0.2, 0.25) is 0 Å². The number of para-hydroxylation sites is 1. The fraction of sp³-hybridized carbons (Fsp3) is 0. The highest BCUT2D eigenvalue weighted by Gasteiger charge is 2.12. The van der Waals surface area contributed by atoms with Crippen molar-refractivity contribution in [1.29, 1.82) is 0 Å². The summed E-state index contributed by atoms with van der Waals surface area (Å²) in [5.74, 6) is 0. The van der Waals surface area contributed by atoms with Gasteiger partial charge < -0.3 is 4.98 Å². The Hall–Kier alpha value is -4.24. The van der Waals surface area contributed by atoms with E-state index in [1.807, 2.05) is 73.1 Å². The number of nitrogens with zero attached hydrogens (tertiary/aromatic N) is 2. The minimum absolute atomic E-state index is 0.820. The summed E-state index contributed by atoms with van der Waals surface area (Å²) in [4.78, 5) is 13.1. The third-order valence-electron chi connectivity index (χ3n) is 5.14. The molecule has 2 heterocycles. The average Bonchev–Trinajstić information content (AvgIpc) is 3.27. The summed E-state index contributed by atoms with van der Waals surface area (Å²) in [7, 11) is 0. The number of aromatic amines is 1. The van der Waals surface area contributed by atoms with Gasteiger partial charge in [-0.1, -0.05) is 91.0 Å². The number of nitrogens with one attached hydrogen (secondary N) is 1. The zero-order valence-corrected chi connectivity index (χ0v) is 16.9. The van der Waals surface area contributed by atoms with Crippen LogP contribution in [-0.2, 0) is 0 Å². The molecule has 0 unspecified atom stereocenters. The molecule has 0 fully saturated rings. The lowest BCUT2D eigenvalue weighted by Gasteiger charge is -2.06. The van der Waals surface area contributed by atoms with E-state index in [0.717, 1.165) is 44.7 Å². The lowest BCUT2D eigenvalue weighted by molar-refractivity contribution is 1.17. The van der Waals surface area contributed by atoms with Crippen LogP contribution in [0.3, 0.4) is 0 Å². The van der Waals surface area contributed by atoms with Gasteiger partial charge in [-0.3, -0.25) is 4.98 Å². The van der Waals surface area contributed by atoms with Crippen molar-refractivity contribution in [1.82, 2.24) is 15.0 Å². The van der Waals surface area contributed by atoms with Crippen molar-refractivity contribution in [3.8, 4) is 11.3 Å². The second-order valence-corrected chi connectivity index (χ2v) is 7.26. The largest absolute Gasteiger partial charge is 0.360 e. The van der Waals surface area contributed by atoms with Crippen molar-refractivity contribution in [2.75, 3.05) is 0 Å². The smallest absolute Gasteiger partial charge is 0.0987 e. The van der Waals surface area contributed by atoms with Gasteiger partial charge in [0.15, 0.2) is 0 Å². The topological polar surface area (TPSA) is 41.6 Å². The van der Waals surface area contributed by atoms with Crippen molar-refractivity contribution in [3.63, 3.8) is 0 Å². The molecule has 0 bridgehead atoms. The second-order valence-electron chi connectivity index (χ2n) is 7.26. The Morgan fingerprint density at radius 1 is 0.645 bits per heavy atom. The second kappa shape index (κ2) is 8.64. The van der Waals surface area contributed by atoms with Crippen LogP contribution in [0, 0.1) is 0 Å². The molecule has 0 aliphatic carbocycles. The highest BCUT2D eigenvalue weighted by molar-refractivity contribution is 5.96. The fourth-order valence-corrected chi connectivity index (χ4v) is 3.57. The van der Waals surface area contributed by atoms with E-state index in [-0.39, 0.29) is 0 Å². The van der Waals surface area contributed by atoms with Gasteiger partial charge in [0.1, 0.15) is 0 Å². The molecule has 0 saturated carbocycles. The molecule has 0 aliphatic heterocycles. The first-order chi connectivity index (χ1) is 15.4. The van der Waals surface area contributed by atoms with E-state index >= 15 is 0 Å². The van der Waals surface area contributed by atoms with Crippen LogP contribution in [0.15, 0.2) is 97.3 Å². The molecule has 0 atom stereocenters. The monoisotopic (exact) mass is 399 g/mol. The Bertz CT molecular complexity index is 1360. The minimum Gasteiger partial charge on any atom is -0.360 e. The predicted octanol–water partition coefficient (Wildman–Crippen LogP) is 6.97. The van der Waals surface area contributed by atoms with Crippen LogP contribution in [0.25, 0.3) is 46.5 Å². The molecule has 0 amide bonds. The molecule has 3 heteroatoms. The molecule has 3 nitrogen and oxygen atoms in total. The fourth-order valence-electron chi connectivity index (χ4n) is 3.57. The Morgan fingerprint density at radius 3 is 2.03 bits per heavy atom. The highest BCUT2D eigenvalue weighted by Crippen LogP contribution is 2.30. The normalized spacial score (nSPS) is 11.6. The van der Waals surface area contributed by atoms with Gasteiger partial charge >= 0.3 is 0 Å². The molecular weight excluding hydrogens is 378 g/mol. The van der Waals surface area contributed by atoms with Crippen molar-refractivity contribution in [2.24, 2.45) is 0 Å². The molecule has 1 N–H and O–H groups in total. The summed E-state index contributed by atoms with van der Waals surface area (Å²) < 4.78 is 0. The number of aromatic nitrogens is 3. The van der Waals surface area contributed by atoms with Crippen molar-refractivity contribution < 1.29 is 0 Å². The highest BCUT2D eigenvalue weighted by atomic mass is 14.8. The Morgan fingerprint density at radius 2 is 1.29 bits per heavy atom. The molecule has 5 aromatic rings. The van der Waals surface area contributed by atoms with Gasteiger partial charge in [-0.05, 0) is 29.3 Å². The van der Waals surface area contributed by atoms with Gasteiger partial charge in [0.05, 0.1) is 23.3 Å². The number of hydrogen-bond acceptors (Lipinski definition) is 2. The molecule has 148 valence electrons. The van der Waals surface area contributed by atoms with Gasteiger partial charge in [-0.15, -0.1) is 0 Å². The quantitative estimate of drug-likeness (QED) is 0.347. The summed E-state index contributed by atoms with van der Waals surface area (Å²) in [6.45, 7) is 0. The number of fused-ring (bicyclic) bond motifs is 1. The summed E-state index contributed by atoms with van der Waals surface area (Å²) in [6.07, 6.45) is 12.0. The first kappa shape index (κ1) is 18.8. The predicted molar refractivity (Wildman–Crippen MR) is 130 cm³/mol. The zero-order chi connectivity index (χ0) is 20.9. The minimum atomic E-state index is 0.820. The molecule has 3 aromatic carbocycles. The van der Waals surface area contributed by atoms with E-state index in [4.69, 9.17) is 9.97 Å². The van der Waals surface area contributed by atoms with E-state index in [9.17, 15) is 0 Å². The van der Waals surface area contributed by atoms with Crippen molar-refractivity contribution >= 4 is 35.2 Å². The van der Waals surface area contributed by atoms with Crippen LogP contribution in [0.2, 0.25) is 0 Å². The van der Waals surface area contributed by atoms with Gasteiger partial charge in [0, 0.05) is 22.7 Å². The van der Waals surface area contributed by atoms with Crippen LogP contribution in [0.1, 0.15) is 22.5 Å². The van der Waals surface area contributed by atoms with Crippen molar-refractivity contribution in [3.05, 3.63) is 120 Å². The average molecular weight is 399 g/mol. The molecule has 0 radical (unpaired) electrons. The van der Waals surface area contributed by atoms with E-state index in [2.05, 4.69) is 53.5 Å². The first-order valence-corrected chi connectivity index (χ1v) is 10.3. The van der Waals surface area contributed by atoms with E-state index < -0.39 is 0 Å². The maximum Gasteiger partial charge on any atom is 0.0987 e. The van der Waals surface area contributed by atoms with E-state index in [1.54, 1.807) is 0 Å². The van der Waals surface area contributed by atoms with Gasteiger partial charge in [0.25, 0.3) is 0 Å². The molecule has 31 heavy (non-hydrogen) atoms. The molecule has 0 saturated heterocycles. The number of H-pyrrole nitrogens is 1. The maximum atomic E-state index is 4.97. The molecular formula is C28H21N3. The Labute approximate surface area is 181 Å². The van der Waals surface area contributed by atoms with Crippen LogP contribution in [-0.4, -0.2) is 15.0 Å². The van der Waals surface area contributed by atoms with Crippen LogP contribution < -0.4 is 0 Å². The SMILES string of the molecule is C(=C\c1cnc(/C=C/c2ccccc2)c(-c2c[nH]c3ccccc23)n1)/c1ccccc1. The maximum absolute atomic E-state index is 4.97. The lowest BCUT2D eigenvalue weighted by Crippen LogP contribution is -1.94. The summed E-state index contributed by atoms with van der Waals surface area (Å²) in [5.41, 5.74) is 6.91. The van der Waals surface area contributed by atoms with Crippen molar-refractivity contribution in [2.45, 2.75) is 0 Å². The molecule has 2 aromatic heterocycles. The first-order valence-electron chi connectivity index (χ1n) is 10.3. The Balaban J connectivity index is 1.59. The summed E-state index contributed by atoms with van der Waals surface area (Å²) in [5, 5.41) is 1.13. The van der Waals surface area contributed by atoms with Crippen LogP contribution >= 0.6 is 0 Å².